The monoisotopic (exact) mass is 209 g/mol. The zero-order valence-corrected chi connectivity index (χ0v) is 9.40. The summed E-state index contributed by atoms with van der Waals surface area (Å²) in [5.74, 6) is 1.77. The van der Waals surface area contributed by atoms with Crippen LogP contribution in [0.5, 0.6) is 0 Å². The van der Waals surface area contributed by atoms with E-state index in [0.29, 0.717) is 6.54 Å². The van der Waals surface area contributed by atoms with Crippen molar-refractivity contribution in [2.24, 2.45) is 0 Å². The van der Waals surface area contributed by atoms with Crippen LogP contribution in [0.1, 0.15) is 13.3 Å². The van der Waals surface area contributed by atoms with Gasteiger partial charge in [-0.25, -0.2) is 4.98 Å². The Morgan fingerprint density at radius 2 is 2.20 bits per heavy atom. The van der Waals surface area contributed by atoms with E-state index in [-0.39, 0.29) is 6.61 Å². The molecule has 0 amide bonds. The van der Waals surface area contributed by atoms with Gasteiger partial charge in [-0.1, -0.05) is 13.0 Å². The molecule has 0 saturated carbocycles. The molecule has 0 fully saturated rings. The first-order valence-electron chi connectivity index (χ1n) is 5.32. The number of rotatable bonds is 6. The first kappa shape index (κ1) is 11.8. The SMILES string of the molecule is CCCN(CCO)c1cccc(NC)n1. The van der Waals surface area contributed by atoms with Crippen molar-refractivity contribution in [2.75, 3.05) is 37.0 Å². The van der Waals surface area contributed by atoms with Gasteiger partial charge in [0.05, 0.1) is 6.61 Å². The molecule has 84 valence electrons. The maximum atomic E-state index is 8.97. The predicted molar refractivity (Wildman–Crippen MR) is 63.4 cm³/mol. The molecular weight excluding hydrogens is 190 g/mol. The van der Waals surface area contributed by atoms with Crippen molar-refractivity contribution >= 4 is 11.6 Å². The average molecular weight is 209 g/mol. The summed E-state index contributed by atoms with van der Waals surface area (Å²) in [6.45, 7) is 3.83. The van der Waals surface area contributed by atoms with Crippen LogP contribution in [-0.2, 0) is 0 Å². The van der Waals surface area contributed by atoms with E-state index in [1.165, 1.54) is 0 Å². The molecule has 0 aliphatic rings. The Hall–Kier alpha value is -1.29. The summed E-state index contributed by atoms with van der Waals surface area (Å²) in [4.78, 5) is 6.52. The maximum absolute atomic E-state index is 8.97. The third-order valence-corrected chi connectivity index (χ3v) is 2.18. The van der Waals surface area contributed by atoms with Gasteiger partial charge in [0.25, 0.3) is 0 Å². The molecule has 0 atom stereocenters. The first-order chi connectivity index (χ1) is 7.31. The normalized spacial score (nSPS) is 10.1. The number of aliphatic hydroxyl groups is 1. The molecule has 0 unspecified atom stereocenters. The number of nitrogens with one attached hydrogen (secondary N) is 1. The first-order valence-corrected chi connectivity index (χ1v) is 5.32. The Morgan fingerprint density at radius 1 is 1.40 bits per heavy atom. The van der Waals surface area contributed by atoms with Gasteiger partial charge in [-0.05, 0) is 18.6 Å². The van der Waals surface area contributed by atoms with Gasteiger partial charge in [0.2, 0.25) is 0 Å². The zero-order chi connectivity index (χ0) is 11.1. The van der Waals surface area contributed by atoms with Crippen molar-refractivity contribution in [1.29, 1.82) is 0 Å². The second-order valence-electron chi connectivity index (χ2n) is 3.34. The van der Waals surface area contributed by atoms with Gasteiger partial charge in [-0.15, -0.1) is 0 Å². The highest BCUT2D eigenvalue weighted by atomic mass is 16.3. The van der Waals surface area contributed by atoms with E-state index in [9.17, 15) is 0 Å². The number of hydrogen-bond acceptors (Lipinski definition) is 4. The third-order valence-electron chi connectivity index (χ3n) is 2.18. The van der Waals surface area contributed by atoms with Gasteiger partial charge in [-0.3, -0.25) is 0 Å². The van der Waals surface area contributed by atoms with E-state index < -0.39 is 0 Å². The highest BCUT2D eigenvalue weighted by Crippen LogP contribution is 2.13. The number of nitrogens with zero attached hydrogens (tertiary/aromatic N) is 2. The molecule has 4 nitrogen and oxygen atoms in total. The van der Waals surface area contributed by atoms with Crippen LogP contribution in [0.4, 0.5) is 11.6 Å². The molecule has 0 radical (unpaired) electrons. The second kappa shape index (κ2) is 6.24. The molecule has 15 heavy (non-hydrogen) atoms. The van der Waals surface area contributed by atoms with Crippen molar-refractivity contribution in [3.8, 4) is 0 Å². The molecule has 0 aliphatic carbocycles. The van der Waals surface area contributed by atoms with Crippen LogP contribution in [0.2, 0.25) is 0 Å². The highest BCUT2D eigenvalue weighted by molar-refractivity contribution is 5.46. The summed E-state index contributed by atoms with van der Waals surface area (Å²) in [5.41, 5.74) is 0. The van der Waals surface area contributed by atoms with Gasteiger partial charge in [0, 0.05) is 20.1 Å². The van der Waals surface area contributed by atoms with Crippen LogP contribution < -0.4 is 10.2 Å². The lowest BCUT2D eigenvalue weighted by Crippen LogP contribution is -2.28. The quantitative estimate of drug-likeness (QED) is 0.742. The van der Waals surface area contributed by atoms with E-state index >= 15 is 0 Å². The molecule has 1 aromatic rings. The van der Waals surface area contributed by atoms with Crippen LogP contribution in [0.3, 0.4) is 0 Å². The van der Waals surface area contributed by atoms with Crippen LogP contribution >= 0.6 is 0 Å². The summed E-state index contributed by atoms with van der Waals surface area (Å²) >= 11 is 0. The lowest BCUT2D eigenvalue weighted by atomic mass is 10.3. The number of hydrogen-bond donors (Lipinski definition) is 2. The summed E-state index contributed by atoms with van der Waals surface area (Å²) in [6.07, 6.45) is 1.05. The summed E-state index contributed by atoms with van der Waals surface area (Å²) in [5, 5.41) is 12.0. The van der Waals surface area contributed by atoms with Crippen molar-refractivity contribution in [1.82, 2.24) is 4.98 Å². The van der Waals surface area contributed by atoms with Crippen LogP contribution in [-0.4, -0.2) is 36.8 Å². The summed E-state index contributed by atoms with van der Waals surface area (Å²) < 4.78 is 0. The average Bonchev–Trinajstić information content (AvgIpc) is 2.29. The van der Waals surface area contributed by atoms with Crippen LogP contribution in [0, 0.1) is 0 Å². The highest BCUT2D eigenvalue weighted by Gasteiger charge is 2.06. The number of aromatic nitrogens is 1. The topological polar surface area (TPSA) is 48.4 Å². The molecule has 2 N–H and O–H groups in total. The van der Waals surface area contributed by atoms with Crippen LogP contribution in [0.25, 0.3) is 0 Å². The van der Waals surface area contributed by atoms with E-state index in [1.807, 2.05) is 25.2 Å². The molecule has 4 heteroatoms. The Kier molecular flexibility index (Phi) is 4.90. The van der Waals surface area contributed by atoms with Gasteiger partial charge in [0.15, 0.2) is 0 Å². The Labute approximate surface area is 90.9 Å². The van der Waals surface area contributed by atoms with Gasteiger partial charge in [0.1, 0.15) is 11.6 Å². The number of pyridine rings is 1. The van der Waals surface area contributed by atoms with E-state index in [0.717, 1.165) is 24.6 Å². The molecule has 1 aromatic heterocycles. The molecule has 0 spiro atoms. The minimum Gasteiger partial charge on any atom is -0.395 e. The molecule has 0 saturated heterocycles. The van der Waals surface area contributed by atoms with Gasteiger partial charge in [-0.2, -0.15) is 0 Å². The van der Waals surface area contributed by atoms with Crippen molar-refractivity contribution in [3.63, 3.8) is 0 Å². The van der Waals surface area contributed by atoms with Crippen molar-refractivity contribution in [2.45, 2.75) is 13.3 Å². The summed E-state index contributed by atoms with van der Waals surface area (Å²) in [6, 6.07) is 5.85. The minimum atomic E-state index is 0.158. The fraction of sp³-hybridized carbons (Fsp3) is 0.545. The van der Waals surface area contributed by atoms with Gasteiger partial charge >= 0.3 is 0 Å². The Morgan fingerprint density at radius 3 is 2.80 bits per heavy atom. The number of anilines is 2. The molecule has 1 heterocycles. The molecular formula is C11H19N3O. The van der Waals surface area contributed by atoms with E-state index in [2.05, 4.69) is 22.1 Å². The van der Waals surface area contributed by atoms with E-state index in [4.69, 9.17) is 5.11 Å². The lowest BCUT2D eigenvalue weighted by molar-refractivity contribution is 0.301. The largest absolute Gasteiger partial charge is 0.395 e. The smallest absolute Gasteiger partial charge is 0.131 e. The second-order valence-corrected chi connectivity index (χ2v) is 3.34. The fourth-order valence-corrected chi connectivity index (χ4v) is 1.47. The van der Waals surface area contributed by atoms with Crippen molar-refractivity contribution < 1.29 is 5.11 Å². The fourth-order valence-electron chi connectivity index (χ4n) is 1.47. The van der Waals surface area contributed by atoms with Gasteiger partial charge < -0.3 is 15.3 Å². The van der Waals surface area contributed by atoms with Crippen molar-refractivity contribution in [3.05, 3.63) is 18.2 Å². The summed E-state index contributed by atoms with van der Waals surface area (Å²) in [7, 11) is 1.85. The third kappa shape index (κ3) is 3.40. The number of aliphatic hydroxyl groups excluding tert-OH is 1. The molecule has 0 bridgehead atoms. The Balaban J connectivity index is 2.79. The molecule has 0 aliphatic heterocycles. The Bertz CT molecular complexity index is 285. The lowest BCUT2D eigenvalue weighted by Gasteiger charge is -2.22. The molecule has 0 aromatic carbocycles. The zero-order valence-electron chi connectivity index (χ0n) is 9.40. The van der Waals surface area contributed by atoms with Crippen LogP contribution in [0.15, 0.2) is 18.2 Å². The molecule has 1 rings (SSSR count). The predicted octanol–water partition coefficient (Wildman–Crippen LogP) is 1.33. The minimum absolute atomic E-state index is 0.158. The maximum Gasteiger partial charge on any atom is 0.131 e. The van der Waals surface area contributed by atoms with E-state index in [1.54, 1.807) is 0 Å². The standard InChI is InChI=1S/C11H19N3O/c1-3-7-14(8-9-15)11-6-4-5-10(12-2)13-11/h4-6,15H,3,7-9H2,1-2H3,(H,12,13).